The molecule has 2 aromatic carbocycles. The maximum absolute atomic E-state index is 14.1. The summed E-state index contributed by atoms with van der Waals surface area (Å²) in [5, 5.41) is 3.78. The van der Waals surface area contributed by atoms with Crippen LogP contribution in [0.4, 0.5) is 4.39 Å². The predicted octanol–water partition coefficient (Wildman–Crippen LogP) is 4.15. The summed E-state index contributed by atoms with van der Waals surface area (Å²) in [4.78, 5) is 30.5. The highest BCUT2D eigenvalue weighted by Gasteiger charge is 2.21. The van der Waals surface area contributed by atoms with Gasteiger partial charge in [-0.15, -0.1) is 0 Å². The molecule has 0 unspecified atom stereocenters. The molecule has 1 atom stereocenters. The Morgan fingerprint density at radius 2 is 2.12 bits per heavy atom. The number of nitrogens with one attached hydrogen (secondary N) is 1. The quantitative estimate of drug-likeness (QED) is 0.428. The van der Waals surface area contributed by atoms with E-state index < -0.39 is 0 Å². The van der Waals surface area contributed by atoms with Crippen LogP contribution in [0.5, 0.6) is 0 Å². The predicted molar refractivity (Wildman–Crippen MR) is 124 cm³/mol. The Labute approximate surface area is 190 Å². The number of aromatic nitrogens is 2. The first kappa shape index (κ1) is 22.5. The molecule has 1 aliphatic rings. The van der Waals surface area contributed by atoms with Gasteiger partial charge in [0, 0.05) is 24.0 Å². The van der Waals surface area contributed by atoms with E-state index in [1.54, 1.807) is 41.0 Å². The molecular weight excluding hydrogens is 429 g/mol. The van der Waals surface area contributed by atoms with Crippen LogP contribution in [0, 0.1) is 5.82 Å². The molecule has 2 heterocycles. The normalized spacial score (nSPS) is 16.1. The van der Waals surface area contributed by atoms with Crippen molar-refractivity contribution in [3.63, 3.8) is 0 Å². The van der Waals surface area contributed by atoms with E-state index in [-0.39, 0.29) is 29.4 Å². The minimum Gasteiger partial charge on any atom is -0.376 e. The monoisotopic (exact) mass is 455 g/mol. The van der Waals surface area contributed by atoms with Gasteiger partial charge >= 0.3 is 0 Å². The zero-order chi connectivity index (χ0) is 22.7. The summed E-state index contributed by atoms with van der Waals surface area (Å²) in [5.74, 6) is -0.168. The van der Waals surface area contributed by atoms with Gasteiger partial charge in [-0.05, 0) is 56.5 Å². The summed E-state index contributed by atoms with van der Waals surface area (Å²) in [7, 11) is 0. The number of hydrogen-bond donors (Lipinski definition) is 1. The first-order valence-corrected chi connectivity index (χ1v) is 11.7. The molecule has 1 amide bonds. The van der Waals surface area contributed by atoms with Crippen molar-refractivity contribution in [2.75, 3.05) is 6.61 Å². The second-order valence-electron chi connectivity index (χ2n) is 8.19. The standard InChI is InChI=1S/C24H26FN3O3S/c1-15(2)26-22(29)16-9-10-19-21(12-16)27-24(32-14-17-6-3-4-8-20(17)25)28(23(19)30)13-18-7-5-11-31-18/h3-4,6,8-10,12,15,18H,5,7,11,13-14H2,1-2H3,(H,26,29)/t18-/m1/s1. The second kappa shape index (κ2) is 9.83. The second-order valence-corrected chi connectivity index (χ2v) is 9.13. The van der Waals surface area contributed by atoms with Crippen LogP contribution in [-0.4, -0.2) is 34.2 Å². The highest BCUT2D eigenvalue weighted by atomic mass is 32.2. The fourth-order valence-electron chi connectivity index (χ4n) is 3.71. The molecule has 168 valence electrons. The zero-order valence-corrected chi connectivity index (χ0v) is 19.0. The number of rotatable bonds is 7. The van der Waals surface area contributed by atoms with Crippen LogP contribution in [-0.2, 0) is 17.0 Å². The van der Waals surface area contributed by atoms with Crippen molar-refractivity contribution in [2.24, 2.45) is 0 Å². The first-order chi connectivity index (χ1) is 15.4. The summed E-state index contributed by atoms with van der Waals surface area (Å²) in [6.07, 6.45) is 1.80. The Hall–Kier alpha value is -2.71. The average Bonchev–Trinajstić information content (AvgIpc) is 3.28. The highest BCUT2D eigenvalue weighted by Crippen LogP contribution is 2.25. The number of halogens is 1. The SMILES string of the molecule is CC(C)NC(=O)c1ccc2c(=O)n(C[C@H]3CCCO3)c(SCc3ccccc3F)nc2c1. The molecule has 1 fully saturated rings. The molecule has 4 rings (SSSR count). The summed E-state index contributed by atoms with van der Waals surface area (Å²) in [6.45, 7) is 4.86. The third-order valence-corrected chi connectivity index (χ3v) is 6.35. The molecule has 0 bridgehead atoms. The Bertz CT molecular complexity index is 1190. The Morgan fingerprint density at radius 3 is 2.84 bits per heavy atom. The maximum Gasteiger partial charge on any atom is 0.262 e. The van der Waals surface area contributed by atoms with Gasteiger partial charge in [0.05, 0.1) is 23.6 Å². The molecule has 8 heteroatoms. The van der Waals surface area contributed by atoms with Crippen LogP contribution < -0.4 is 10.9 Å². The van der Waals surface area contributed by atoms with Crippen LogP contribution in [0.2, 0.25) is 0 Å². The molecule has 3 aromatic rings. The van der Waals surface area contributed by atoms with Crippen LogP contribution in [0.15, 0.2) is 52.4 Å². The van der Waals surface area contributed by atoms with Crippen LogP contribution in [0.3, 0.4) is 0 Å². The lowest BCUT2D eigenvalue weighted by molar-refractivity contribution is 0.0937. The third-order valence-electron chi connectivity index (χ3n) is 5.33. The van der Waals surface area contributed by atoms with Crippen molar-refractivity contribution in [3.8, 4) is 0 Å². The molecule has 0 aliphatic carbocycles. The summed E-state index contributed by atoms with van der Waals surface area (Å²) >= 11 is 1.31. The minimum atomic E-state index is -0.290. The number of nitrogens with zero attached hydrogens (tertiary/aromatic N) is 2. The number of ether oxygens (including phenoxy) is 1. The van der Waals surface area contributed by atoms with E-state index in [9.17, 15) is 14.0 Å². The van der Waals surface area contributed by atoms with E-state index in [4.69, 9.17) is 9.72 Å². The van der Waals surface area contributed by atoms with Crippen molar-refractivity contribution < 1.29 is 13.9 Å². The van der Waals surface area contributed by atoms with Gasteiger partial charge in [0.2, 0.25) is 0 Å². The maximum atomic E-state index is 14.1. The zero-order valence-electron chi connectivity index (χ0n) is 18.1. The van der Waals surface area contributed by atoms with E-state index in [1.165, 1.54) is 17.8 Å². The van der Waals surface area contributed by atoms with Gasteiger partial charge in [-0.1, -0.05) is 30.0 Å². The molecule has 1 aromatic heterocycles. The van der Waals surface area contributed by atoms with Gasteiger partial charge in [-0.3, -0.25) is 14.2 Å². The number of hydrogen-bond acceptors (Lipinski definition) is 5. The molecular formula is C24H26FN3O3S. The van der Waals surface area contributed by atoms with E-state index in [0.29, 0.717) is 46.1 Å². The molecule has 1 aliphatic heterocycles. The number of carbonyl (C=O) groups is 1. The third kappa shape index (κ3) is 5.02. The fraction of sp³-hybridized carbons (Fsp3) is 0.375. The van der Waals surface area contributed by atoms with Crippen molar-refractivity contribution in [2.45, 2.75) is 56.3 Å². The topological polar surface area (TPSA) is 73.2 Å². The number of thioether (sulfide) groups is 1. The van der Waals surface area contributed by atoms with Crippen molar-refractivity contribution in [1.82, 2.24) is 14.9 Å². The van der Waals surface area contributed by atoms with Crippen molar-refractivity contribution in [3.05, 3.63) is 69.8 Å². The lowest BCUT2D eigenvalue weighted by Crippen LogP contribution is -2.31. The fourth-order valence-corrected chi connectivity index (χ4v) is 4.70. The molecule has 0 saturated carbocycles. The van der Waals surface area contributed by atoms with Crippen LogP contribution in [0.25, 0.3) is 10.9 Å². The molecule has 0 spiro atoms. The van der Waals surface area contributed by atoms with Gasteiger partial charge in [0.1, 0.15) is 5.82 Å². The van der Waals surface area contributed by atoms with E-state index >= 15 is 0 Å². The molecule has 1 N–H and O–H groups in total. The Morgan fingerprint density at radius 1 is 1.31 bits per heavy atom. The van der Waals surface area contributed by atoms with Gasteiger partial charge in [-0.2, -0.15) is 0 Å². The van der Waals surface area contributed by atoms with E-state index in [2.05, 4.69) is 5.32 Å². The first-order valence-electron chi connectivity index (χ1n) is 10.8. The minimum absolute atomic E-state index is 0.00236. The van der Waals surface area contributed by atoms with Crippen molar-refractivity contribution in [1.29, 1.82) is 0 Å². The number of fused-ring (bicyclic) bond motifs is 1. The Balaban J connectivity index is 1.73. The van der Waals surface area contributed by atoms with Crippen LogP contribution >= 0.6 is 11.8 Å². The number of amides is 1. The van der Waals surface area contributed by atoms with Gasteiger partial charge in [0.15, 0.2) is 5.16 Å². The summed E-state index contributed by atoms with van der Waals surface area (Å²) in [5.41, 5.74) is 1.25. The highest BCUT2D eigenvalue weighted by molar-refractivity contribution is 7.98. The van der Waals surface area contributed by atoms with E-state index in [0.717, 1.165) is 12.8 Å². The smallest absolute Gasteiger partial charge is 0.262 e. The Kier molecular flexibility index (Phi) is 6.91. The lowest BCUT2D eigenvalue weighted by atomic mass is 10.1. The summed E-state index contributed by atoms with van der Waals surface area (Å²) < 4.78 is 21.5. The summed E-state index contributed by atoms with van der Waals surface area (Å²) in [6, 6.07) is 11.5. The van der Waals surface area contributed by atoms with Gasteiger partial charge in [-0.25, -0.2) is 9.37 Å². The molecule has 0 radical (unpaired) electrons. The van der Waals surface area contributed by atoms with Gasteiger partial charge in [0.25, 0.3) is 11.5 Å². The van der Waals surface area contributed by atoms with E-state index in [1.807, 2.05) is 13.8 Å². The average molecular weight is 456 g/mol. The number of benzene rings is 2. The van der Waals surface area contributed by atoms with Gasteiger partial charge < -0.3 is 10.1 Å². The lowest BCUT2D eigenvalue weighted by Gasteiger charge is -2.17. The molecule has 32 heavy (non-hydrogen) atoms. The number of carbonyl (C=O) groups excluding carboxylic acids is 1. The van der Waals surface area contributed by atoms with Crippen LogP contribution in [0.1, 0.15) is 42.6 Å². The molecule has 1 saturated heterocycles. The largest absolute Gasteiger partial charge is 0.376 e. The molecule has 6 nitrogen and oxygen atoms in total. The van der Waals surface area contributed by atoms with Crippen molar-refractivity contribution >= 4 is 28.6 Å².